The van der Waals surface area contributed by atoms with E-state index in [0.29, 0.717) is 12.1 Å². The van der Waals surface area contributed by atoms with Crippen LogP contribution in [0.2, 0.25) is 0 Å². The van der Waals surface area contributed by atoms with E-state index in [1.165, 1.54) is 12.1 Å². The standard InChI is InChI=1S/C16H14F2N2O/c17-13-5-2-6-14(15(13)18)20-16(21)12-4-1-3-10-9-19-8-7-11(10)12/h1-6,19H,7-9H2,(H,20,21). The fourth-order valence-corrected chi connectivity index (χ4v) is 2.53. The lowest BCUT2D eigenvalue weighted by Crippen LogP contribution is -2.26. The van der Waals surface area contributed by atoms with Gasteiger partial charge in [0.1, 0.15) is 0 Å². The van der Waals surface area contributed by atoms with Gasteiger partial charge in [-0.3, -0.25) is 4.79 Å². The van der Waals surface area contributed by atoms with Gasteiger partial charge in [0.15, 0.2) is 11.6 Å². The maximum absolute atomic E-state index is 13.6. The van der Waals surface area contributed by atoms with Crippen LogP contribution in [-0.4, -0.2) is 12.5 Å². The first kappa shape index (κ1) is 13.7. The van der Waals surface area contributed by atoms with E-state index >= 15 is 0 Å². The average Bonchev–Trinajstić information content (AvgIpc) is 2.51. The molecule has 1 aliphatic rings. The predicted octanol–water partition coefficient (Wildman–Crippen LogP) is 2.86. The van der Waals surface area contributed by atoms with Crippen LogP contribution in [0.3, 0.4) is 0 Å². The van der Waals surface area contributed by atoms with Crippen molar-refractivity contribution in [2.75, 3.05) is 11.9 Å². The molecular weight excluding hydrogens is 274 g/mol. The fourth-order valence-electron chi connectivity index (χ4n) is 2.53. The normalized spacial score (nSPS) is 13.6. The SMILES string of the molecule is O=C(Nc1cccc(F)c1F)c1cccc2c1CCNC2. The number of benzene rings is 2. The number of anilines is 1. The van der Waals surface area contributed by atoms with Crippen molar-refractivity contribution in [2.24, 2.45) is 0 Å². The van der Waals surface area contributed by atoms with Gasteiger partial charge in [-0.1, -0.05) is 18.2 Å². The Morgan fingerprint density at radius 2 is 1.95 bits per heavy atom. The molecule has 3 rings (SSSR count). The molecular formula is C16H14F2N2O. The molecule has 0 atom stereocenters. The highest BCUT2D eigenvalue weighted by atomic mass is 19.2. The second kappa shape index (κ2) is 5.61. The van der Waals surface area contributed by atoms with Gasteiger partial charge < -0.3 is 10.6 Å². The average molecular weight is 288 g/mol. The van der Waals surface area contributed by atoms with E-state index in [-0.39, 0.29) is 5.69 Å². The van der Waals surface area contributed by atoms with Crippen molar-refractivity contribution in [3.8, 4) is 0 Å². The Morgan fingerprint density at radius 3 is 2.81 bits per heavy atom. The smallest absolute Gasteiger partial charge is 0.256 e. The fraction of sp³-hybridized carbons (Fsp3) is 0.188. The van der Waals surface area contributed by atoms with Crippen LogP contribution < -0.4 is 10.6 Å². The molecule has 0 unspecified atom stereocenters. The molecule has 0 spiro atoms. The van der Waals surface area contributed by atoms with Crippen LogP contribution in [0.25, 0.3) is 0 Å². The molecule has 2 aromatic carbocycles. The highest BCUT2D eigenvalue weighted by Crippen LogP contribution is 2.22. The second-order valence-corrected chi connectivity index (χ2v) is 4.93. The molecule has 0 fully saturated rings. The molecule has 5 heteroatoms. The number of hydrogen-bond donors (Lipinski definition) is 2. The van der Waals surface area contributed by atoms with Crippen molar-refractivity contribution in [2.45, 2.75) is 13.0 Å². The van der Waals surface area contributed by atoms with Crippen LogP contribution in [0, 0.1) is 11.6 Å². The topological polar surface area (TPSA) is 41.1 Å². The van der Waals surface area contributed by atoms with E-state index in [9.17, 15) is 13.6 Å². The zero-order chi connectivity index (χ0) is 14.8. The number of carbonyl (C=O) groups excluding carboxylic acids is 1. The van der Waals surface area contributed by atoms with Gasteiger partial charge in [0, 0.05) is 12.1 Å². The molecule has 0 bridgehead atoms. The van der Waals surface area contributed by atoms with Crippen molar-refractivity contribution < 1.29 is 13.6 Å². The Morgan fingerprint density at radius 1 is 1.14 bits per heavy atom. The summed E-state index contributed by atoms with van der Waals surface area (Å²) in [6.45, 7) is 1.51. The number of hydrogen-bond acceptors (Lipinski definition) is 2. The first-order chi connectivity index (χ1) is 10.2. The highest BCUT2D eigenvalue weighted by molar-refractivity contribution is 6.05. The lowest BCUT2D eigenvalue weighted by atomic mass is 9.95. The number of rotatable bonds is 2. The predicted molar refractivity (Wildman–Crippen MR) is 76.2 cm³/mol. The van der Waals surface area contributed by atoms with E-state index in [2.05, 4.69) is 10.6 Å². The van der Waals surface area contributed by atoms with Crippen LogP contribution in [0.5, 0.6) is 0 Å². The molecule has 2 N–H and O–H groups in total. The summed E-state index contributed by atoms with van der Waals surface area (Å²) in [4.78, 5) is 12.3. The minimum atomic E-state index is -1.04. The Hall–Kier alpha value is -2.27. The summed E-state index contributed by atoms with van der Waals surface area (Å²) in [6.07, 6.45) is 0.741. The molecule has 3 nitrogen and oxygen atoms in total. The van der Waals surface area contributed by atoms with Crippen LogP contribution >= 0.6 is 0 Å². The molecule has 1 amide bonds. The van der Waals surface area contributed by atoms with Gasteiger partial charge in [-0.15, -0.1) is 0 Å². The highest BCUT2D eigenvalue weighted by Gasteiger charge is 2.18. The summed E-state index contributed by atoms with van der Waals surface area (Å²) in [5.74, 6) is -2.44. The van der Waals surface area contributed by atoms with Crippen molar-refractivity contribution in [1.82, 2.24) is 5.32 Å². The van der Waals surface area contributed by atoms with Crippen molar-refractivity contribution in [1.29, 1.82) is 0 Å². The van der Waals surface area contributed by atoms with Crippen molar-refractivity contribution >= 4 is 11.6 Å². The van der Waals surface area contributed by atoms with Crippen molar-refractivity contribution in [3.63, 3.8) is 0 Å². The summed E-state index contributed by atoms with van der Waals surface area (Å²) in [6, 6.07) is 9.17. The largest absolute Gasteiger partial charge is 0.319 e. The van der Waals surface area contributed by atoms with Gasteiger partial charge in [0.2, 0.25) is 0 Å². The van der Waals surface area contributed by atoms with E-state index in [1.807, 2.05) is 6.07 Å². The summed E-state index contributed by atoms with van der Waals surface area (Å²) in [5, 5.41) is 5.68. The zero-order valence-corrected chi connectivity index (χ0v) is 11.2. The molecule has 21 heavy (non-hydrogen) atoms. The van der Waals surface area contributed by atoms with Crippen LogP contribution in [0.4, 0.5) is 14.5 Å². The number of nitrogens with one attached hydrogen (secondary N) is 2. The minimum absolute atomic E-state index is 0.147. The summed E-state index contributed by atoms with van der Waals surface area (Å²) in [7, 11) is 0. The van der Waals surface area contributed by atoms with Crippen molar-refractivity contribution in [3.05, 3.63) is 64.7 Å². The molecule has 0 saturated heterocycles. The number of amides is 1. The van der Waals surface area contributed by atoms with Crippen LogP contribution in [0.15, 0.2) is 36.4 Å². The maximum Gasteiger partial charge on any atom is 0.256 e. The molecule has 108 valence electrons. The molecule has 1 aliphatic heterocycles. The number of fused-ring (bicyclic) bond motifs is 1. The van der Waals surface area contributed by atoms with E-state index < -0.39 is 17.5 Å². The van der Waals surface area contributed by atoms with E-state index in [0.717, 1.165) is 30.2 Å². The minimum Gasteiger partial charge on any atom is -0.319 e. The molecule has 1 heterocycles. The Bertz CT molecular complexity index is 701. The third-order valence-corrected chi connectivity index (χ3v) is 3.58. The van der Waals surface area contributed by atoms with E-state index in [1.54, 1.807) is 12.1 Å². The first-order valence-corrected chi connectivity index (χ1v) is 6.73. The second-order valence-electron chi connectivity index (χ2n) is 4.93. The molecule has 0 saturated carbocycles. The van der Waals surface area contributed by atoms with Crippen LogP contribution in [0.1, 0.15) is 21.5 Å². The maximum atomic E-state index is 13.6. The third-order valence-electron chi connectivity index (χ3n) is 3.58. The van der Waals surface area contributed by atoms with E-state index in [4.69, 9.17) is 0 Å². The van der Waals surface area contributed by atoms with Gasteiger partial charge in [-0.05, 0) is 42.3 Å². The summed E-state index contributed by atoms with van der Waals surface area (Å²) in [5.41, 5.74) is 2.39. The lowest BCUT2D eigenvalue weighted by Gasteiger charge is -2.20. The number of halogens is 2. The summed E-state index contributed by atoms with van der Waals surface area (Å²) < 4.78 is 26.8. The monoisotopic (exact) mass is 288 g/mol. The van der Waals surface area contributed by atoms with Gasteiger partial charge in [0.05, 0.1) is 5.69 Å². The Kier molecular flexibility index (Phi) is 3.66. The van der Waals surface area contributed by atoms with Gasteiger partial charge in [0.25, 0.3) is 5.91 Å². The Labute approximate surface area is 121 Å². The summed E-state index contributed by atoms with van der Waals surface area (Å²) >= 11 is 0. The molecule has 2 aromatic rings. The quantitative estimate of drug-likeness (QED) is 0.892. The lowest BCUT2D eigenvalue weighted by molar-refractivity contribution is 0.102. The Balaban J connectivity index is 1.91. The molecule has 0 radical (unpaired) electrons. The number of carbonyl (C=O) groups is 1. The van der Waals surface area contributed by atoms with Gasteiger partial charge in [-0.25, -0.2) is 8.78 Å². The van der Waals surface area contributed by atoms with Gasteiger partial charge >= 0.3 is 0 Å². The zero-order valence-electron chi connectivity index (χ0n) is 11.2. The third kappa shape index (κ3) is 2.64. The molecule has 0 aliphatic carbocycles. The van der Waals surface area contributed by atoms with Crippen LogP contribution in [-0.2, 0) is 13.0 Å². The first-order valence-electron chi connectivity index (χ1n) is 6.73. The molecule has 0 aromatic heterocycles. The van der Waals surface area contributed by atoms with Gasteiger partial charge in [-0.2, -0.15) is 0 Å².